The summed E-state index contributed by atoms with van der Waals surface area (Å²) in [5, 5.41) is 8.70. The Bertz CT molecular complexity index is 1760. The van der Waals surface area contributed by atoms with E-state index < -0.39 is 0 Å². The summed E-state index contributed by atoms with van der Waals surface area (Å²) in [6, 6.07) is 23.5. The molecule has 10 nitrogen and oxygen atoms in total. The van der Waals surface area contributed by atoms with Crippen LogP contribution in [0.15, 0.2) is 85.3 Å². The fraction of sp³-hybridized carbons (Fsp3) is 0.103. The van der Waals surface area contributed by atoms with Gasteiger partial charge in [0.25, 0.3) is 0 Å². The van der Waals surface area contributed by atoms with Gasteiger partial charge in [0.2, 0.25) is 11.7 Å². The maximum absolute atomic E-state index is 5.53. The molecule has 0 unspecified atom stereocenters. The minimum absolute atomic E-state index is 0.360. The number of fused-ring (bicyclic) bond motifs is 2. The van der Waals surface area contributed by atoms with Crippen molar-refractivity contribution in [3.8, 4) is 22.9 Å². The van der Waals surface area contributed by atoms with Crippen LogP contribution >= 0.6 is 0 Å². The Morgan fingerprint density at radius 1 is 0.718 bits per heavy atom. The zero-order valence-electron chi connectivity index (χ0n) is 21.5. The Morgan fingerprint density at radius 3 is 2.21 bits per heavy atom. The highest BCUT2D eigenvalue weighted by molar-refractivity contribution is 5.94. The van der Waals surface area contributed by atoms with Crippen LogP contribution in [0.5, 0.6) is 17.2 Å². The normalized spacial score (nSPS) is 10.9. The van der Waals surface area contributed by atoms with Crippen molar-refractivity contribution in [3.63, 3.8) is 0 Å². The second-order valence-corrected chi connectivity index (χ2v) is 8.56. The molecule has 0 amide bonds. The predicted molar refractivity (Wildman–Crippen MR) is 151 cm³/mol. The van der Waals surface area contributed by atoms with Gasteiger partial charge in [-0.25, -0.2) is 9.97 Å². The molecule has 0 bridgehead atoms. The number of nitrogens with zero attached hydrogens (tertiary/aromatic N) is 5. The van der Waals surface area contributed by atoms with Crippen LogP contribution in [0.25, 0.3) is 27.6 Å². The van der Waals surface area contributed by atoms with Crippen LogP contribution in [0.4, 0.5) is 23.3 Å². The molecule has 2 N–H and O–H groups in total. The topological polar surface area (TPSA) is 108 Å². The van der Waals surface area contributed by atoms with Gasteiger partial charge in [-0.2, -0.15) is 9.97 Å². The number of imidazole rings is 1. The zero-order chi connectivity index (χ0) is 26.8. The Balaban J connectivity index is 1.50. The number of rotatable bonds is 8. The minimum atomic E-state index is 0.360. The molecule has 0 aliphatic rings. The first kappa shape index (κ1) is 24.0. The third-order valence-corrected chi connectivity index (χ3v) is 6.26. The van der Waals surface area contributed by atoms with Gasteiger partial charge in [0.15, 0.2) is 28.5 Å². The second-order valence-electron chi connectivity index (χ2n) is 8.56. The quantitative estimate of drug-likeness (QED) is 0.255. The molecule has 6 aromatic rings. The van der Waals surface area contributed by atoms with E-state index in [0.717, 1.165) is 16.5 Å². The summed E-state index contributed by atoms with van der Waals surface area (Å²) < 4.78 is 18.5. The molecule has 194 valence electrons. The van der Waals surface area contributed by atoms with Crippen LogP contribution < -0.4 is 24.8 Å². The van der Waals surface area contributed by atoms with Gasteiger partial charge in [-0.15, -0.1) is 0 Å². The van der Waals surface area contributed by atoms with Gasteiger partial charge in [-0.05, 0) is 23.6 Å². The Morgan fingerprint density at radius 2 is 1.46 bits per heavy atom. The summed E-state index contributed by atoms with van der Waals surface area (Å²) in [6.07, 6.45) is 3.49. The maximum Gasteiger partial charge on any atom is 0.232 e. The van der Waals surface area contributed by atoms with Crippen molar-refractivity contribution in [2.75, 3.05) is 32.0 Å². The SMILES string of the molecule is COc1cc(Nc2nc(Nc3nccc4ccccc34)nc3c2ncn3-c2ccccc2)cc(OC)c1OC. The van der Waals surface area contributed by atoms with E-state index in [-0.39, 0.29) is 0 Å². The number of ether oxygens (including phenoxy) is 3. The summed E-state index contributed by atoms with van der Waals surface area (Å²) in [5.74, 6) is 3.02. The highest BCUT2D eigenvalue weighted by Crippen LogP contribution is 2.41. The molecule has 0 aliphatic carbocycles. The summed E-state index contributed by atoms with van der Waals surface area (Å²) in [4.78, 5) is 18.8. The number of pyridine rings is 1. The van der Waals surface area contributed by atoms with Crippen molar-refractivity contribution in [1.29, 1.82) is 0 Å². The molecule has 10 heteroatoms. The van der Waals surface area contributed by atoms with Crippen LogP contribution in [-0.2, 0) is 0 Å². The fourth-order valence-electron chi connectivity index (χ4n) is 4.44. The van der Waals surface area contributed by atoms with Crippen LogP contribution in [0.2, 0.25) is 0 Å². The molecule has 6 rings (SSSR count). The smallest absolute Gasteiger partial charge is 0.232 e. The number of benzene rings is 3. The number of para-hydroxylation sites is 1. The molecular formula is C29H25N7O3. The molecule has 0 atom stereocenters. The number of methoxy groups -OCH3 is 3. The monoisotopic (exact) mass is 519 g/mol. The Labute approximate surface area is 224 Å². The summed E-state index contributed by atoms with van der Waals surface area (Å²) in [6.45, 7) is 0. The molecule has 3 aromatic heterocycles. The summed E-state index contributed by atoms with van der Waals surface area (Å²) >= 11 is 0. The molecule has 3 heterocycles. The highest BCUT2D eigenvalue weighted by Gasteiger charge is 2.18. The largest absolute Gasteiger partial charge is 0.493 e. The van der Waals surface area contributed by atoms with Gasteiger partial charge >= 0.3 is 0 Å². The predicted octanol–water partition coefficient (Wildman–Crippen LogP) is 5.88. The van der Waals surface area contributed by atoms with E-state index in [2.05, 4.69) is 20.6 Å². The standard InChI is InChI=1S/C29H25N7O3/c1-37-22-15-19(16-23(38-2)25(22)39-3)32-27-24-28(36(17-31-24)20-10-5-4-6-11-20)35-29(34-27)33-26-21-12-8-7-9-18(21)13-14-30-26/h4-17H,1-3H3,(H2,30,32,33,34,35). The zero-order valence-corrected chi connectivity index (χ0v) is 21.5. The molecule has 0 spiro atoms. The number of nitrogens with one attached hydrogen (secondary N) is 2. The van der Waals surface area contributed by atoms with Crippen molar-refractivity contribution in [1.82, 2.24) is 24.5 Å². The van der Waals surface area contributed by atoms with Gasteiger partial charge in [0.1, 0.15) is 12.1 Å². The molecule has 0 saturated carbocycles. The molecule has 0 saturated heterocycles. The van der Waals surface area contributed by atoms with Crippen LogP contribution in [0.3, 0.4) is 0 Å². The molecule has 39 heavy (non-hydrogen) atoms. The highest BCUT2D eigenvalue weighted by atomic mass is 16.5. The van der Waals surface area contributed by atoms with E-state index in [1.807, 2.05) is 77.4 Å². The number of hydrogen-bond donors (Lipinski definition) is 2. The van der Waals surface area contributed by atoms with Crippen molar-refractivity contribution >= 4 is 45.2 Å². The van der Waals surface area contributed by atoms with E-state index in [1.54, 1.807) is 33.9 Å². The lowest BCUT2D eigenvalue weighted by Crippen LogP contribution is -2.05. The van der Waals surface area contributed by atoms with Crippen molar-refractivity contribution in [3.05, 3.63) is 85.3 Å². The Hall–Kier alpha value is -5.38. The molecule has 3 aromatic carbocycles. The number of hydrogen-bond acceptors (Lipinski definition) is 9. The molecule has 0 aliphatic heterocycles. The first-order valence-electron chi connectivity index (χ1n) is 12.2. The third kappa shape index (κ3) is 4.48. The van der Waals surface area contributed by atoms with E-state index in [4.69, 9.17) is 24.2 Å². The Kier molecular flexibility index (Phi) is 6.26. The van der Waals surface area contributed by atoms with Crippen LogP contribution in [0, 0.1) is 0 Å². The lowest BCUT2D eigenvalue weighted by molar-refractivity contribution is 0.324. The van der Waals surface area contributed by atoms with E-state index >= 15 is 0 Å². The first-order valence-corrected chi connectivity index (χ1v) is 12.2. The number of aromatic nitrogens is 5. The average molecular weight is 520 g/mol. The first-order chi connectivity index (χ1) is 19.2. The van der Waals surface area contributed by atoms with Crippen LogP contribution in [-0.4, -0.2) is 45.8 Å². The van der Waals surface area contributed by atoms with Gasteiger partial charge in [0.05, 0.1) is 21.3 Å². The van der Waals surface area contributed by atoms with Gasteiger partial charge in [-0.1, -0.05) is 42.5 Å². The number of anilines is 4. The van der Waals surface area contributed by atoms with Gasteiger partial charge < -0.3 is 24.8 Å². The minimum Gasteiger partial charge on any atom is -0.493 e. The lowest BCUT2D eigenvalue weighted by atomic mass is 10.1. The third-order valence-electron chi connectivity index (χ3n) is 6.26. The summed E-state index contributed by atoms with van der Waals surface area (Å²) in [5.41, 5.74) is 2.80. The fourth-order valence-corrected chi connectivity index (χ4v) is 4.44. The maximum atomic E-state index is 5.53. The van der Waals surface area contributed by atoms with Gasteiger partial charge in [-0.3, -0.25) is 4.57 Å². The van der Waals surface area contributed by atoms with E-state index in [9.17, 15) is 0 Å². The molecule has 0 radical (unpaired) electrons. The molecule has 0 fully saturated rings. The molecular weight excluding hydrogens is 494 g/mol. The summed E-state index contributed by atoms with van der Waals surface area (Å²) in [7, 11) is 4.71. The van der Waals surface area contributed by atoms with Crippen molar-refractivity contribution < 1.29 is 14.2 Å². The van der Waals surface area contributed by atoms with Gasteiger partial charge in [0, 0.05) is 35.1 Å². The van der Waals surface area contributed by atoms with Crippen molar-refractivity contribution in [2.24, 2.45) is 0 Å². The van der Waals surface area contributed by atoms with Crippen LogP contribution in [0.1, 0.15) is 0 Å². The van der Waals surface area contributed by atoms with E-state index in [0.29, 0.717) is 51.7 Å². The lowest BCUT2D eigenvalue weighted by Gasteiger charge is -2.15. The second kappa shape index (κ2) is 10.2. The van der Waals surface area contributed by atoms with E-state index in [1.165, 1.54) is 0 Å². The van der Waals surface area contributed by atoms with Crippen molar-refractivity contribution in [2.45, 2.75) is 0 Å². The average Bonchev–Trinajstić information content (AvgIpc) is 3.41.